The van der Waals surface area contributed by atoms with Gasteiger partial charge in [0.25, 0.3) is 37.9 Å². The largest absolute Gasteiger partial charge is 0.507 e. The Hall–Kier alpha value is -7.48. The summed E-state index contributed by atoms with van der Waals surface area (Å²) in [5.41, 5.74) is 8.58. The van der Waals surface area contributed by atoms with E-state index in [-0.39, 0.29) is 133 Å². The van der Waals surface area contributed by atoms with Crippen LogP contribution >= 0.6 is 67.8 Å². The van der Waals surface area contributed by atoms with E-state index in [1.54, 1.807) is 98.8 Å². The third-order valence-electron chi connectivity index (χ3n) is 17.3. The summed E-state index contributed by atoms with van der Waals surface area (Å²) in [5.74, 6) is -4.17. The molecule has 2 aliphatic heterocycles. The maximum absolute atomic E-state index is 15.3. The summed E-state index contributed by atoms with van der Waals surface area (Å²) in [5, 5.41) is 23.5. The SMILES string of the molecule is Cc1ccc(S(=O)(=O)N(CCCC(=O)CCCCCCC(=O)NC(Cc2cc(I)c(Oc3ccc(O)c(I)c3)c(I)c2)C(=O)O)C(=O)c2c3ccccc3[n+](CCCS(=O)(=O)N3CCN(C(=O)CN4C(=O)c5cc(C)cc6c(N)c(S(=O)(=O)O)cc(c56)C4=O)CC3)c3ccccc23)cc1. The molecular formula is C69H69I3N7O17S3+. The third-order valence-corrected chi connectivity index (χ3v) is 24.5. The summed E-state index contributed by atoms with van der Waals surface area (Å²) in [6, 6.07) is 31.0. The molecule has 0 saturated carbocycles. The number of pyridine rings is 1. The number of Topliss-reactive ketones (excluding diaryl/α,β-unsaturated/α-hetero) is 1. The van der Waals surface area contributed by atoms with Crippen LogP contribution in [0.1, 0.15) is 106 Å². The minimum Gasteiger partial charge on any atom is -0.507 e. The number of carboxylic acid groups (broad SMARTS) is 1. The first-order valence-electron chi connectivity index (χ1n) is 31.5. The Balaban J connectivity index is 0.738. The maximum Gasteiger partial charge on any atom is 0.326 e. The molecule has 1 aromatic heterocycles. The molecule has 10 rings (SSSR count). The van der Waals surface area contributed by atoms with Crippen molar-refractivity contribution in [3.63, 3.8) is 0 Å². The van der Waals surface area contributed by atoms with E-state index < -0.39 is 83.2 Å². The number of phenolic OH excluding ortho intramolecular Hbond substituents is 1. The van der Waals surface area contributed by atoms with E-state index in [4.69, 9.17) is 10.5 Å². The summed E-state index contributed by atoms with van der Waals surface area (Å²) in [6.45, 7) is 2.10. The lowest BCUT2D eigenvalue weighted by Crippen LogP contribution is -2.54. The number of phenols is 1. The predicted molar refractivity (Wildman–Crippen MR) is 394 cm³/mol. The first-order chi connectivity index (χ1) is 46.9. The molecule has 24 nitrogen and oxygen atoms in total. The highest BCUT2D eigenvalue weighted by molar-refractivity contribution is 14.1. The Morgan fingerprint density at radius 1 is 0.687 bits per heavy atom. The van der Waals surface area contributed by atoms with Crippen LogP contribution in [0, 0.1) is 24.6 Å². The summed E-state index contributed by atoms with van der Waals surface area (Å²) >= 11 is 6.21. The number of aryl methyl sites for hydroxylation is 3. The van der Waals surface area contributed by atoms with Gasteiger partial charge in [-0.25, -0.2) is 25.9 Å². The number of hydrogen-bond acceptors (Lipinski definition) is 16. The number of nitrogens with one attached hydrogen (secondary N) is 1. The summed E-state index contributed by atoms with van der Waals surface area (Å²) in [7, 11) is -13.4. The van der Waals surface area contributed by atoms with Gasteiger partial charge in [-0.05, 0) is 185 Å². The topological polar surface area (TPSA) is 347 Å². The summed E-state index contributed by atoms with van der Waals surface area (Å²) in [4.78, 5) is 96.7. The van der Waals surface area contributed by atoms with Crippen molar-refractivity contribution in [3.8, 4) is 17.2 Å². The zero-order valence-corrected chi connectivity index (χ0v) is 62.5. The van der Waals surface area contributed by atoms with E-state index in [1.165, 1.54) is 39.5 Å². The van der Waals surface area contributed by atoms with Crippen LogP contribution in [0.3, 0.4) is 0 Å². The van der Waals surface area contributed by atoms with Crippen LogP contribution in [-0.4, -0.2) is 151 Å². The highest BCUT2D eigenvalue weighted by atomic mass is 127. The van der Waals surface area contributed by atoms with Gasteiger partial charge in [-0.15, -0.1) is 0 Å². The lowest BCUT2D eigenvalue weighted by molar-refractivity contribution is -0.645. The van der Waals surface area contributed by atoms with E-state index in [0.29, 0.717) is 78.6 Å². The van der Waals surface area contributed by atoms with E-state index >= 15 is 4.79 Å². The molecule has 0 spiro atoms. The molecule has 7 aromatic carbocycles. The molecule has 0 radical (unpaired) electrons. The van der Waals surface area contributed by atoms with E-state index in [2.05, 4.69) is 50.5 Å². The number of ketones is 1. The van der Waals surface area contributed by atoms with Crippen molar-refractivity contribution in [1.82, 2.24) is 23.7 Å². The van der Waals surface area contributed by atoms with Gasteiger partial charge in [0.1, 0.15) is 34.8 Å². The van der Waals surface area contributed by atoms with Crippen molar-refractivity contribution in [2.24, 2.45) is 0 Å². The van der Waals surface area contributed by atoms with Crippen LogP contribution in [0.5, 0.6) is 17.2 Å². The smallest absolute Gasteiger partial charge is 0.326 e. The fourth-order valence-electron chi connectivity index (χ4n) is 12.4. The number of amides is 5. The second-order valence-electron chi connectivity index (χ2n) is 24.3. The van der Waals surface area contributed by atoms with Crippen LogP contribution in [0.25, 0.3) is 32.6 Å². The molecule has 30 heteroatoms. The third kappa shape index (κ3) is 16.8. The van der Waals surface area contributed by atoms with Crippen molar-refractivity contribution in [2.75, 3.05) is 50.8 Å². The number of piperazine rings is 1. The van der Waals surface area contributed by atoms with Gasteiger partial charge in [0.2, 0.25) is 32.9 Å². The Morgan fingerprint density at radius 2 is 1.28 bits per heavy atom. The highest BCUT2D eigenvalue weighted by Crippen LogP contribution is 2.40. The van der Waals surface area contributed by atoms with Crippen LogP contribution in [0.15, 0.2) is 131 Å². The molecule has 1 fully saturated rings. The average Bonchev–Trinajstić information content (AvgIpc) is 0.725. The maximum atomic E-state index is 15.3. The number of carbonyl (C=O) groups is 7. The molecule has 5 amide bonds. The standard InChI is InChI=1S/C69H68I3N7O17S3/c1-41-20-23-46(24-21-41)98(91,92)79(27-11-14-44(80)13-5-3-4-6-19-60(82)74-55(69(87)88)37-43-35-53(71)65(54(72)36-43)96-45-22-25-58(81)52(70)38-45)68(86)63-47-15-7-9-17-56(47)77(57-18-10-8-16-48(57)63)26-12-32-97(89,90)76-30-28-75(29-31-76)61(83)40-78-66(84)50-34-42(2)33-49-62(50)51(67(78)85)39-59(64(49)73)99(93,94)95/h7-10,15-18,20-25,33-36,38-39,55H,3-6,11-14,19,26-32,37,40H2,1-2H3,(H5-,73,74,81,82,84,85,87,88,93,94,95)/p+1. The molecule has 6 N–H and O–H groups in total. The molecule has 1 saturated heterocycles. The molecule has 3 heterocycles. The number of aromatic nitrogens is 1. The molecular weight excluding hydrogens is 1680 g/mol. The first kappa shape index (κ1) is 74.2. The summed E-state index contributed by atoms with van der Waals surface area (Å²) < 4.78 is 104. The van der Waals surface area contributed by atoms with Gasteiger partial charge < -0.3 is 30.9 Å². The average molecular weight is 1750 g/mol. The number of imide groups is 1. The van der Waals surface area contributed by atoms with Crippen molar-refractivity contribution in [3.05, 3.63) is 165 Å². The number of halogens is 3. The fourth-order valence-corrected chi connectivity index (χ4v) is 18.5. The molecule has 99 heavy (non-hydrogen) atoms. The van der Waals surface area contributed by atoms with Crippen LogP contribution in [0.2, 0.25) is 0 Å². The molecule has 0 aliphatic carbocycles. The number of benzene rings is 7. The van der Waals surface area contributed by atoms with Crippen molar-refractivity contribution in [1.29, 1.82) is 0 Å². The Labute approximate surface area is 612 Å². The molecule has 1 unspecified atom stereocenters. The van der Waals surface area contributed by atoms with Gasteiger partial charge in [0.15, 0.2) is 12.3 Å². The Morgan fingerprint density at radius 3 is 1.89 bits per heavy atom. The lowest BCUT2D eigenvalue weighted by atomic mass is 9.91. The number of fused-ring (bicyclic) bond motifs is 2. The number of aliphatic carboxylic acids is 1. The normalized spacial score (nSPS) is 14.0. The lowest BCUT2D eigenvalue weighted by Gasteiger charge is -2.35. The number of nitrogens with two attached hydrogens (primary N) is 1. The number of carbonyl (C=O) groups excluding carboxylic acids is 6. The van der Waals surface area contributed by atoms with Crippen molar-refractivity contribution >= 4 is 177 Å². The number of rotatable bonds is 28. The van der Waals surface area contributed by atoms with Crippen molar-refractivity contribution in [2.45, 2.75) is 100 Å². The van der Waals surface area contributed by atoms with E-state index in [9.17, 15) is 68.8 Å². The summed E-state index contributed by atoms with van der Waals surface area (Å²) in [6.07, 6.45) is 2.41. The number of ether oxygens (including phenoxy) is 1. The van der Waals surface area contributed by atoms with Crippen molar-refractivity contribution < 1.29 is 82.9 Å². The zero-order chi connectivity index (χ0) is 71.4. The van der Waals surface area contributed by atoms with Gasteiger partial charge in [-0.1, -0.05) is 54.8 Å². The fraction of sp³-hybridized carbons (Fsp3) is 0.304. The quantitative estimate of drug-likeness (QED) is 0.00579. The molecule has 520 valence electrons. The number of sulfonamides is 2. The van der Waals surface area contributed by atoms with Gasteiger partial charge >= 0.3 is 5.97 Å². The molecule has 0 bridgehead atoms. The van der Waals surface area contributed by atoms with Crippen LogP contribution < -0.4 is 20.4 Å². The Bertz CT molecular complexity index is 4880. The second kappa shape index (κ2) is 31.2. The molecule has 8 aromatic rings. The number of nitrogen functional groups attached to an aromatic ring is 1. The molecule has 1 atom stereocenters. The number of unbranched alkanes of at least 4 members (excludes halogenated alkanes) is 3. The predicted octanol–water partition coefficient (Wildman–Crippen LogP) is 9.68. The minimum absolute atomic E-state index is 0.00419. The first-order valence-corrected chi connectivity index (χ1v) is 39.3. The van der Waals surface area contributed by atoms with E-state index in [0.717, 1.165) is 23.1 Å². The zero-order valence-electron chi connectivity index (χ0n) is 53.6. The minimum atomic E-state index is -4.91. The number of anilines is 1. The molecule has 2 aliphatic rings. The number of carboxylic acids is 1. The van der Waals surface area contributed by atoms with Gasteiger partial charge in [0.05, 0.1) is 48.9 Å². The number of para-hydroxylation sites is 2. The van der Waals surface area contributed by atoms with Gasteiger partial charge in [-0.3, -0.25) is 38.2 Å². The number of aromatic hydroxyl groups is 1. The monoisotopic (exact) mass is 1740 g/mol. The van der Waals surface area contributed by atoms with Crippen LogP contribution in [-0.2, 0) is 62.3 Å². The number of nitrogens with zero attached hydrogens (tertiary/aromatic N) is 5. The highest BCUT2D eigenvalue weighted by Gasteiger charge is 2.40. The number of hydrogen-bond donors (Lipinski definition) is 5. The van der Waals surface area contributed by atoms with Gasteiger partial charge in [0, 0.05) is 93.3 Å². The van der Waals surface area contributed by atoms with Gasteiger partial charge in [-0.2, -0.15) is 17.3 Å². The van der Waals surface area contributed by atoms with Crippen LogP contribution in [0.4, 0.5) is 5.69 Å². The Kier molecular flexibility index (Phi) is 23.4. The van der Waals surface area contributed by atoms with E-state index in [1.807, 2.05) is 27.2 Å². The second-order valence-corrected chi connectivity index (χ2v) is 33.1.